The molecule has 0 bridgehead atoms. The first-order valence-electron chi connectivity index (χ1n) is 10.0. The zero-order valence-corrected chi connectivity index (χ0v) is 21.6. The van der Waals surface area contributed by atoms with Crippen molar-refractivity contribution in [2.24, 2.45) is 0 Å². The maximum Gasteiger partial charge on any atom is 2.00 e. The Bertz CT molecular complexity index is 782. The summed E-state index contributed by atoms with van der Waals surface area (Å²) < 4.78 is 0. The molecule has 1 atom stereocenters. The largest absolute Gasteiger partial charge is 2.00 e. The molecule has 0 radical (unpaired) electrons. The molecule has 4 heteroatoms. The summed E-state index contributed by atoms with van der Waals surface area (Å²) in [7, 11) is 0. The molecule has 1 fully saturated rings. The van der Waals surface area contributed by atoms with Crippen LogP contribution in [0.15, 0.2) is 91.0 Å². The van der Waals surface area contributed by atoms with Crippen molar-refractivity contribution in [2.75, 3.05) is 0 Å². The Balaban J connectivity index is 0.000000442. The minimum Gasteiger partial charge on any atom is -0.376 e. The SMILES string of the molecule is CCCC[C-]1C[C@H]1c1ccccc1.O=[C-]c1ccccc1.O=[C-]c1ccccc1.[Li+].[Zn+2]. The van der Waals surface area contributed by atoms with Crippen molar-refractivity contribution < 1.29 is 47.9 Å². The predicted octanol–water partition coefficient (Wildman–Crippen LogP) is 3.23. The van der Waals surface area contributed by atoms with Gasteiger partial charge in [-0.1, -0.05) is 67.8 Å². The van der Waals surface area contributed by atoms with Crippen molar-refractivity contribution in [3.05, 3.63) is 114 Å². The normalized spacial score (nSPS) is 13.5. The van der Waals surface area contributed by atoms with Gasteiger partial charge in [0, 0.05) is 0 Å². The number of hydrogen-bond donors (Lipinski definition) is 0. The molecule has 1 aliphatic carbocycles. The van der Waals surface area contributed by atoms with Crippen molar-refractivity contribution in [1.82, 2.24) is 0 Å². The second kappa shape index (κ2) is 17.9. The van der Waals surface area contributed by atoms with Gasteiger partial charge in [-0.25, -0.2) is 0 Å². The number of carbonyl (C=O) groups excluding carboxylic acids is 2. The Hall–Kier alpha value is -1.78. The van der Waals surface area contributed by atoms with E-state index in [1.807, 2.05) is 12.1 Å². The molecule has 0 spiro atoms. The smallest absolute Gasteiger partial charge is 0.376 e. The molecule has 0 N–H and O–H groups in total. The molecule has 0 aliphatic heterocycles. The summed E-state index contributed by atoms with van der Waals surface area (Å²) in [4.78, 5) is 19.8. The van der Waals surface area contributed by atoms with Crippen molar-refractivity contribution in [2.45, 2.75) is 38.5 Å². The van der Waals surface area contributed by atoms with Crippen molar-refractivity contribution in [1.29, 1.82) is 0 Å². The number of hydrogen-bond acceptors (Lipinski definition) is 2. The average Bonchev–Trinajstić information content (AvgIpc) is 3.60. The Labute approximate surface area is 211 Å². The van der Waals surface area contributed by atoms with Crippen molar-refractivity contribution in [3.63, 3.8) is 0 Å². The van der Waals surface area contributed by atoms with Crippen LogP contribution < -0.4 is 18.9 Å². The van der Waals surface area contributed by atoms with Crippen LogP contribution in [-0.2, 0) is 29.1 Å². The van der Waals surface area contributed by atoms with Crippen LogP contribution in [0.5, 0.6) is 0 Å². The molecule has 0 saturated heterocycles. The topological polar surface area (TPSA) is 34.1 Å². The first kappa shape index (κ1) is 29.2. The van der Waals surface area contributed by atoms with E-state index in [1.54, 1.807) is 67.0 Å². The fraction of sp³-hybridized carbons (Fsp3) is 0.222. The zero-order valence-electron chi connectivity index (χ0n) is 18.6. The van der Waals surface area contributed by atoms with E-state index in [0.717, 1.165) is 5.92 Å². The summed E-state index contributed by atoms with van der Waals surface area (Å²) in [6.45, 7) is 2.26. The molecule has 0 aromatic heterocycles. The Kier molecular flexibility index (Phi) is 16.8. The maximum absolute atomic E-state index is 9.88. The van der Waals surface area contributed by atoms with Gasteiger partial charge in [-0.3, -0.25) is 0 Å². The average molecular weight is 456 g/mol. The van der Waals surface area contributed by atoms with Gasteiger partial charge >= 0.3 is 38.3 Å². The van der Waals surface area contributed by atoms with E-state index in [4.69, 9.17) is 0 Å². The summed E-state index contributed by atoms with van der Waals surface area (Å²) in [5.41, 5.74) is 2.73. The summed E-state index contributed by atoms with van der Waals surface area (Å²) in [5, 5.41) is 0. The Morgan fingerprint density at radius 1 is 0.774 bits per heavy atom. The van der Waals surface area contributed by atoms with Gasteiger partial charge < -0.3 is 15.5 Å². The summed E-state index contributed by atoms with van der Waals surface area (Å²) in [6, 6.07) is 28.7. The summed E-state index contributed by atoms with van der Waals surface area (Å²) in [5.74, 6) is 2.58. The van der Waals surface area contributed by atoms with E-state index >= 15 is 0 Å². The second-order valence-electron chi connectivity index (χ2n) is 6.87. The van der Waals surface area contributed by atoms with Gasteiger partial charge in [-0.2, -0.15) is 54.2 Å². The van der Waals surface area contributed by atoms with Crippen LogP contribution in [0.4, 0.5) is 0 Å². The third-order valence-electron chi connectivity index (χ3n) is 4.64. The van der Waals surface area contributed by atoms with Gasteiger partial charge in [0.25, 0.3) is 0 Å². The van der Waals surface area contributed by atoms with E-state index in [2.05, 4.69) is 37.3 Å². The van der Waals surface area contributed by atoms with E-state index in [0.29, 0.717) is 11.1 Å². The Morgan fingerprint density at radius 2 is 1.19 bits per heavy atom. The van der Waals surface area contributed by atoms with Crippen LogP contribution in [0.1, 0.15) is 55.2 Å². The molecule has 3 aromatic carbocycles. The molecule has 31 heavy (non-hydrogen) atoms. The molecule has 0 amide bonds. The van der Waals surface area contributed by atoms with Crippen LogP contribution in [-0.4, -0.2) is 12.6 Å². The molecule has 1 aliphatic rings. The van der Waals surface area contributed by atoms with Gasteiger partial charge in [0.15, 0.2) is 0 Å². The van der Waals surface area contributed by atoms with Gasteiger partial charge in [-0.15, -0.1) is 24.3 Å². The summed E-state index contributed by atoms with van der Waals surface area (Å²) >= 11 is 0. The number of rotatable bonds is 6. The van der Waals surface area contributed by atoms with E-state index in [9.17, 15) is 9.59 Å². The van der Waals surface area contributed by atoms with Crippen LogP contribution in [0.25, 0.3) is 0 Å². The molecule has 2 nitrogen and oxygen atoms in total. The molecule has 0 heterocycles. The maximum atomic E-state index is 9.88. The second-order valence-corrected chi connectivity index (χ2v) is 6.87. The fourth-order valence-electron chi connectivity index (χ4n) is 2.93. The minimum atomic E-state index is 0. The molecule has 0 unspecified atom stereocenters. The fourth-order valence-corrected chi connectivity index (χ4v) is 2.93. The van der Waals surface area contributed by atoms with Crippen LogP contribution in [0, 0.1) is 5.92 Å². The molecule has 150 valence electrons. The summed E-state index contributed by atoms with van der Waals surface area (Å²) in [6.07, 6.45) is 8.96. The van der Waals surface area contributed by atoms with Crippen LogP contribution >= 0.6 is 0 Å². The quantitative estimate of drug-likeness (QED) is 0.422. The van der Waals surface area contributed by atoms with E-state index in [-0.39, 0.29) is 38.3 Å². The first-order valence-corrected chi connectivity index (χ1v) is 10.0. The first-order chi connectivity index (χ1) is 14.3. The van der Waals surface area contributed by atoms with Crippen molar-refractivity contribution >= 4 is 12.6 Å². The molecule has 3 aromatic rings. The van der Waals surface area contributed by atoms with Gasteiger partial charge in [0.1, 0.15) is 0 Å². The van der Waals surface area contributed by atoms with Crippen molar-refractivity contribution in [3.8, 4) is 0 Å². The van der Waals surface area contributed by atoms with Gasteiger partial charge in [0.05, 0.1) is 12.6 Å². The predicted molar refractivity (Wildman–Crippen MR) is 119 cm³/mol. The standard InChI is InChI=1S/C13H17.2C7H5O.Li.Zn/c1-2-3-7-12-10-13(12)11-8-5-4-6-9-11;2*8-6-7-4-2-1-3-5-7;;/h4-6,8-9,13H,2-3,7,10H2,1H3;2*1-5H;;/q3*-1;+1;+2/t13-;;;;/m0..../s1. The molecular formula is C27H27LiO2Zn. The van der Waals surface area contributed by atoms with E-state index < -0.39 is 0 Å². The van der Waals surface area contributed by atoms with Gasteiger partial charge in [0.2, 0.25) is 0 Å². The molecule has 1 saturated carbocycles. The zero-order chi connectivity index (χ0) is 20.7. The van der Waals surface area contributed by atoms with Gasteiger partial charge in [-0.05, 0) is 0 Å². The van der Waals surface area contributed by atoms with Crippen LogP contribution in [0.3, 0.4) is 0 Å². The third-order valence-corrected chi connectivity index (χ3v) is 4.64. The van der Waals surface area contributed by atoms with E-state index in [1.165, 1.54) is 31.2 Å². The third kappa shape index (κ3) is 12.0. The molecular weight excluding hydrogens is 429 g/mol. The monoisotopic (exact) mass is 454 g/mol. The number of benzene rings is 3. The number of unbranched alkanes of at least 4 members (excludes halogenated alkanes) is 1. The minimum absolute atomic E-state index is 0. The van der Waals surface area contributed by atoms with Crippen LogP contribution in [0.2, 0.25) is 0 Å². The molecule has 4 rings (SSSR count). The Morgan fingerprint density at radius 3 is 1.55 bits per heavy atom.